The van der Waals surface area contributed by atoms with E-state index in [-0.39, 0.29) is 11.6 Å². The quantitative estimate of drug-likeness (QED) is 0.383. The molecule has 0 atom stereocenters. The fourth-order valence-corrected chi connectivity index (χ4v) is 4.78. The van der Waals surface area contributed by atoms with Gasteiger partial charge in [0.25, 0.3) is 5.69 Å². The monoisotopic (exact) mass is 395 g/mol. The summed E-state index contributed by atoms with van der Waals surface area (Å²) in [5.74, 6) is 0.554. The normalized spacial score (nSPS) is 12.4. The third kappa shape index (κ3) is 3.76. The van der Waals surface area contributed by atoms with Crippen molar-refractivity contribution in [2.45, 2.75) is 10.6 Å². The summed E-state index contributed by atoms with van der Waals surface area (Å²) < 4.78 is 0. The number of aromatic nitrogens is 1. The maximum Gasteiger partial charge on any atom is 0.269 e. The number of non-ortho nitro benzene ring substituents is 1. The predicted octanol–water partition coefficient (Wildman–Crippen LogP) is 4.98. The number of anilines is 1. The van der Waals surface area contributed by atoms with Crippen LogP contribution < -0.4 is 5.32 Å². The third-order valence-corrected chi connectivity index (χ3v) is 6.21. The van der Waals surface area contributed by atoms with Gasteiger partial charge in [-0.2, -0.15) is 0 Å². The highest BCUT2D eigenvalue weighted by Crippen LogP contribution is 2.44. The molecule has 1 amide bonds. The lowest BCUT2D eigenvalue weighted by Crippen LogP contribution is -2.07. The molecule has 6 nitrogen and oxygen atoms in total. The molecule has 3 aromatic rings. The van der Waals surface area contributed by atoms with Gasteiger partial charge in [-0.3, -0.25) is 20.2 Å². The van der Waals surface area contributed by atoms with Crippen LogP contribution in [0.25, 0.3) is 17.3 Å². The minimum absolute atomic E-state index is 0.0168. The Bertz CT molecular complexity index is 1060. The average Bonchev–Trinajstić information content (AvgIpc) is 3.09. The number of hydrogen-bond acceptors (Lipinski definition) is 6. The van der Waals surface area contributed by atoms with Crippen molar-refractivity contribution in [3.8, 4) is 11.3 Å². The molecule has 2 aromatic carbocycles. The van der Waals surface area contributed by atoms with E-state index >= 15 is 0 Å². The van der Waals surface area contributed by atoms with Crippen molar-refractivity contribution in [1.29, 1.82) is 0 Å². The van der Waals surface area contributed by atoms with Gasteiger partial charge in [-0.15, -0.1) is 23.1 Å². The van der Waals surface area contributed by atoms with E-state index in [1.165, 1.54) is 34.4 Å². The lowest BCUT2D eigenvalue weighted by molar-refractivity contribution is -0.384. The van der Waals surface area contributed by atoms with E-state index in [1.54, 1.807) is 30.0 Å². The summed E-state index contributed by atoms with van der Waals surface area (Å²) in [6.45, 7) is 0. The highest BCUT2D eigenvalue weighted by molar-refractivity contribution is 7.98. The zero-order valence-electron chi connectivity index (χ0n) is 13.9. The van der Waals surface area contributed by atoms with E-state index in [1.807, 2.05) is 18.2 Å². The van der Waals surface area contributed by atoms with E-state index < -0.39 is 4.92 Å². The summed E-state index contributed by atoms with van der Waals surface area (Å²) in [6.07, 6.45) is 3.00. The summed E-state index contributed by atoms with van der Waals surface area (Å²) in [4.78, 5) is 29.3. The van der Waals surface area contributed by atoms with E-state index in [2.05, 4.69) is 16.4 Å². The van der Waals surface area contributed by atoms with Crippen LogP contribution in [0.4, 0.5) is 10.8 Å². The number of nitrogens with one attached hydrogen (secondary N) is 1. The number of nitrogens with zero attached hydrogens (tertiary/aromatic N) is 2. The second kappa shape index (κ2) is 7.34. The van der Waals surface area contributed by atoms with Crippen molar-refractivity contribution in [2.24, 2.45) is 0 Å². The number of thiazole rings is 1. The van der Waals surface area contributed by atoms with Gasteiger partial charge in [0.15, 0.2) is 5.13 Å². The number of carbonyl (C=O) groups is 1. The van der Waals surface area contributed by atoms with Gasteiger partial charge >= 0.3 is 0 Å². The summed E-state index contributed by atoms with van der Waals surface area (Å²) in [6, 6.07) is 14.1. The maximum absolute atomic E-state index is 12.2. The number of carbonyl (C=O) groups excluding carboxylic acids is 1. The molecular formula is C19H13N3O3S2. The molecule has 1 aliphatic heterocycles. The fourth-order valence-electron chi connectivity index (χ4n) is 2.67. The van der Waals surface area contributed by atoms with Gasteiger partial charge in [0.1, 0.15) is 0 Å². The zero-order chi connectivity index (χ0) is 18.8. The third-order valence-electron chi connectivity index (χ3n) is 3.96. The number of benzene rings is 2. The predicted molar refractivity (Wildman–Crippen MR) is 108 cm³/mol. The van der Waals surface area contributed by atoms with Crippen molar-refractivity contribution in [3.05, 3.63) is 75.2 Å². The van der Waals surface area contributed by atoms with Gasteiger partial charge in [0.2, 0.25) is 5.91 Å². The van der Waals surface area contributed by atoms with Gasteiger partial charge in [0.05, 0.1) is 10.6 Å². The molecule has 0 spiro atoms. The average molecular weight is 395 g/mol. The summed E-state index contributed by atoms with van der Waals surface area (Å²) >= 11 is 3.25. The molecule has 0 saturated carbocycles. The molecule has 1 N–H and O–H groups in total. The second-order valence-electron chi connectivity index (χ2n) is 5.75. The highest BCUT2D eigenvalue weighted by Gasteiger charge is 2.21. The van der Waals surface area contributed by atoms with Crippen LogP contribution in [0.5, 0.6) is 0 Å². The standard InChI is InChI=1S/C19H13N3O3S2/c23-17(10-7-12-5-8-13(9-6-12)22(24)25)20-19-21-18-14-3-1-2-4-15(14)26-11-16(18)27-19/h1-10H,11H2,(H,20,21,23). The van der Waals surface area contributed by atoms with Crippen LogP contribution in [0.2, 0.25) is 0 Å². The number of rotatable bonds is 4. The van der Waals surface area contributed by atoms with Crippen molar-refractivity contribution in [3.63, 3.8) is 0 Å². The Morgan fingerprint density at radius 3 is 2.74 bits per heavy atom. The molecule has 0 aliphatic carbocycles. The molecule has 0 bridgehead atoms. The Balaban J connectivity index is 1.46. The SMILES string of the molecule is O=C(C=Cc1ccc([N+](=O)[O-])cc1)Nc1nc2c(s1)CSc1ccccc1-2. The van der Waals surface area contributed by atoms with Crippen LogP contribution in [-0.4, -0.2) is 15.8 Å². The first-order chi connectivity index (χ1) is 13.1. The first kappa shape index (κ1) is 17.4. The molecule has 0 fully saturated rings. The van der Waals surface area contributed by atoms with E-state index in [0.717, 1.165) is 21.9 Å². The maximum atomic E-state index is 12.2. The van der Waals surface area contributed by atoms with E-state index in [4.69, 9.17) is 0 Å². The smallest absolute Gasteiger partial charge is 0.269 e. The Morgan fingerprint density at radius 1 is 1.19 bits per heavy atom. The molecule has 0 unspecified atom stereocenters. The molecule has 2 heterocycles. The number of nitro benzene ring substituents is 1. The highest BCUT2D eigenvalue weighted by atomic mass is 32.2. The first-order valence-electron chi connectivity index (χ1n) is 8.05. The molecule has 4 rings (SSSR count). The lowest BCUT2D eigenvalue weighted by atomic mass is 10.1. The number of thioether (sulfide) groups is 1. The van der Waals surface area contributed by atoms with Crippen LogP contribution in [0, 0.1) is 10.1 Å². The molecule has 0 radical (unpaired) electrons. The first-order valence-corrected chi connectivity index (χ1v) is 9.86. The molecule has 0 saturated heterocycles. The van der Waals surface area contributed by atoms with Crippen molar-refractivity contribution >= 4 is 45.9 Å². The molecule has 134 valence electrons. The van der Waals surface area contributed by atoms with Crippen LogP contribution in [-0.2, 0) is 10.5 Å². The lowest BCUT2D eigenvalue weighted by Gasteiger charge is -2.13. The molecule has 1 aliphatic rings. The van der Waals surface area contributed by atoms with Gasteiger partial charge in [-0.25, -0.2) is 4.98 Å². The largest absolute Gasteiger partial charge is 0.298 e. The van der Waals surface area contributed by atoms with Gasteiger partial charge < -0.3 is 0 Å². The molecular weight excluding hydrogens is 382 g/mol. The van der Waals surface area contributed by atoms with Gasteiger partial charge in [0, 0.05) is 39.3 Å². The van der Waals surface area contributed by atoms with Crippen LogP contribution >= 0.6 is 23.1 Å². The Morgan fingerprint density at radius 2 is 1.96 bits per heavy atom. The second-order valence-corrected chi connectivity index (χ2v) is 7.85. The Kier molecular flexibility index (Phi) is 4.74. The number of hydrogen-bond donors (Lipinski definition) is 1. The van der Waals surface area contributed by atoms with Crippen LogP contribution in [0.1, 0.15) is 10.4 Å². The fraction of sp³-hybridized carbons (Fsp3) is 0.0526. The number of amides is 1. The van der Waals surface area contributed by atoms with E-state index in [9.17, 15) is 14.9 Å². The van der Waals surface area contributed by atoms with Crippen molar-refractivity contribution in [2.75, 3.05) is 5.32 Å². The number of nitro groups is 1. The molecule has 8 heteroatoms. The topological polar surface area (TPSA) is 85.1 Å². The Hall–Kier alpha value is -2.97. The minimum Gasteiger partial charge on any atom is -0.298 e. The molecule has 1 aromatic heterocycles. The number of fused-ring (bicyclic) bond motifs is 3. The van der Waals surface area contributed by atoms with Gasteiger partial charge in [-0.1, -0.05) is 18.2 Å². The summed E-state index contributed by atoms with van der Waals surface area (Å²) in [7, 11) is 0. The zero-order valence-corrected chi connectivity index (χ0v) is 15.5. The van der Waals surface area contributed by atoms with Gasteiger partial charge in [-0.05, 0) is 29.8 Å². The summed E-state index contributed by atoms with van der Waals surface area (Å²) in [5, 5.41) is 14.0. The van der Waals surface area contributed by atoms with E-state index in [0.29, 0.717) is 10.7 Å². The van der Waals surface area contributed by atoms with Crippen molar-refractivity contribution < 1.29 is 9.72 Å². The Labute approximate surface area is 163 Å². The summed E-state index contributed by atoms with van der Waals surface area (Å²) in [5.41, 5.74) is 2.76. The van der Waals surface area contributed by atoms with Crippen LogP contribution in [0.15, 0.2) is 59.5 Å². The van der Waals surface area contributed by atoms with Crippen LogP contribution in [0.3, 0.4) is 0 Å². The van der Waals surface area contributed by atoms with Crippen molar-refractivity contribution in [1.82, 2.24) is 4.98 Å². The minimum atomic E-state index is -0.457. The molecule has 27 heavy (non-hydrogen) atoms.